The van der Waals surface area contributed by atoms with Crippen molar-refractivity contribution in [2.45, 2.75) is 0 Å². The molecule has 13 heteroatoms. The summed E-state index contributed by atoms with van der Waals surface area (Å²) in [5.74, 6) is 0. The Hall–Kier alpha value is 1.85. The van der Waals surface area contributed by atoms with Crippen LogP contribution in [0.25, 0.3) is 0 Å². The zero-order valence-electron chi connectivity index (χ0n) is 8.42. The van der Waals surface area contributed by atoms with E-state index in [2.05, 4.69) is 5.73 Å². The topological polar surface area (TPSA) is 179 Å². The minimum Gasteiger partial charge on any atom is -0.807 e. The molecule has 0 heterocycles. The van der Waals surface area contributed by atoms with E-state index in [1.54, 1.807) is 0 Å². The van der Waals surface area contributed by atoms with Crippen molar-refractivity contribution in [3.05, 3.63) is 0 Å². The van der Waals surface area contributed by atoms with Crippen LogP contribution in [0.15, 0.2) is 0 Å². The number of hydrogen-bond donors (Lipinski definition) is 3. The summed E-state index contributed by atoms with van der Waals surface area (Å²) < 4.78 is 9.14. The second-order valence-corrected chi connectivity index (χ2v) is 2.60. The molecule has 0 rings (SSSR count). The van der Waals surface area contributed by atoms with Crippen LogP contribution < -0.4 is 115 Å². The average molecular weight is 268 g/mol. The molecule has 0 unspecified atom stereocenters. The number of amides is 2. The van der Waals surface area contributed by atoms with Crippen LogP contribution in [0.1, 0.15) is 0 Å². The van der Waals surface area contributed by atoms with E-state index in [9.17, 15) is 4.79 Å². The van der Waals surface area contributed by atoms with Gasteiger partial charge in [0.15, 0.2) is 0 Å². The molecule has 9 nitrogen and oxygen atoms in total. The molecule has 0 saturated heterocycles. The maximum atomic E-state index is 9.23. The van der Waals surface area contributed by atoms with Gasteiger partial charge in [-0.3, -0.25) is 5.21 Å². The second-order valence-electron chi connectivity index (χ2n) is 1.24. The number of carbonyl (C=O) groups excluding carboxylic acids is 2. The molecule has 0 bridgehead atoms. The van der Waals surface area contributed by atoms with E-state index in [-0.39, 0.29) is 88.7 Å². The number of urea groups is 1. The van der Waals surface area contributed by atoms with Gasteiger partial charge in [0.05, 0.1) is 5.71 Å². The number of nitrogens with two attached hydrogens (primary N) is 1. The van der Waals surface area contributed by atoms with Crippen molar-refractivity contribution >= 4 is 19.3 Å². The molecule has 72 valence electrons. The minimum atomic E-state index is -5.43. The van der Waals surface area contributed by atoms with Gasteiger partial charge in [-0.1, -0.05) is 0 Å². The monoisotopic (exact) mass is 268 g/mol. The molecule has 2 amide bonds. The third-order valence-electron chi connectivity index (χ3n) is 0.334. The van der Waals surface area contributed by atoms with E-state index in [4.69, 9.17) is 29.5 Å². The van der Waals surface area contributed by atoms with Gasteiger partial charge in [-0.05, 0) is 7.60 Å². The van der Waals surface area contributed by atoms with Gasteiger partial charge in [-0.25, -0.2) is 10.3 Å². The molecule has 0 aromatic heterocycles. The van der Waals surface area contributed by atoms with Crippen LogP contribution >= 0.6 is 7.60 Å². The number of primary amides is 1. The van der Waals surface area contributed by atoms with E-state index in [1.807, 2.05) is 0 Å². The summed E-state index contributed by atoms with van der Waals surface area (Å²) >= 11 is 0. The van der Waals surface area contributed by atoms with Gasteiger partial charge < -0.3 is 30.0 Å². The Morgan fingerprint density at radius 3 is 1.33 bits per heavy atom. The summed E-state index contributed by atoms with van der Waals surface area (Å²) in [6, 6.07) is -0.940. The Morgan fingerprint density at radius 2 is 1.33 bits per heavy atom. The first-order chi connectivity index (χ1) is 5.21. The Balaban J connectivity index is -0.0000000383. The fourth-order valence-corrected chi connectivity index (χ4v) is 0. The largest absolute Gasteiger partial charge is 1.00 e. The maximum Gasteiger partial charge on any atom is 1.00 e. The predicted octanol–water partition coefficient (Wildman–Crippen LogP) is -12.7. The smallest absolute Gasteiger partial charge is 0.807 e. The second kappa shape index (κ2) is 15.9. The van der Waals surface area contributed by atoms with Crippen LogP contribution in [0, 0.1) is 0 Å². The number of carboxylic acid groups (broad SMARTS) is 1. The van der Waals surface area contributed by atoms with Crippen LogP contribution in [-0.2, 0) is 4.57 Å². The first-order valence-electron chi connectivity index (χ1n) is 2.15. The van der Waals surface area contributed by atoms with Gasteiger partial charge in [-0.15, -0.1) is 0 Å². The zero-order valence-corrected chi connectivity index (χ0v) is 15.3. The average Bonchev–Trinajstić information content (AvgIpc) is 1.87. The molecule has 0 aliphatic carbocycles. The van der Waals surface area contributed by atoms with Crippen LogP contribution in [0.2, 0.25) is 0 Å². The molecule has 4 N–H and O–H groups in total. The van der Waals surface area contributed by atoms with E-state index >= 15 is 0 Å². The molecular weight excluding hydrogens is 264 g/mol. The number of nitrogens with one attached hydrogen (secondary N) is 1. The fraction of sp³-hybridized carbons (Fsp3) is 0. The molecule has 0 fully saturated rings. The molecule has 0 aliphatic heterocycles. The van der Waals surface area contributed by atoms with Crippen molar-refractivity contribution in [2.24, 2.45) is 5.73 Å². The van der Waals surface area contributed by atoms with Crippen molar-refractivity contribution in [3.8, 4) is 0 Å². The minimum absolute atomic E-state index is 0. The standard InChI is InChI=1S/CH4N2O2.CH3O5P.3Na/c2-1(4)3-5;2-1(3)7(4,5)6;;;/h5H,(H3,2,3,4);(H,2,3)(H2,4,5,6);;;/q;;3*+1/p-3. The molecule has 0 radical (unpaired) electrons. The normalized spacial score (nSPS) is 7.40. The number of carbonyl (C=O) groups is 2. The SMILES string of the molecule is NC(=O)NO.O=C([O-])P(=O)([O-])[O-].[Na+].[Na+].[Na+]. The van der Waals surface area contributed by atoms with E-state index in [0.29, 0.717) is 0 Å². The van der Waals surface area contributed by atoms with Gasteiger partial charge in [0.2, 0.25) is 0 Å². The summed E-state index contributed by atoms with van der Waals surface area (Å²) in [6.45, 7) is 0. The van der Waals surface area contributed by atoms with Crippen LogP contribution in [-0.4, -0.2) is 16.9 Å². The molecule has 0 aromatic carbocycles. The first kappa shape index (κ1) is 30.1. The molecule has 0 aliphatic rings. The van der Waals surface area contributed by atoms with Gasteiger partial charge in [0.1, 0.15) is 0 Å². The Morgan fingerprint density at radius 1 is 1.20 bits per heavy atom. The Bertz CT molecular complexity index is 218. The van der Waals surface area contributed by atoms with Crippen molar-refractivity contribution in [1.29, 1.82) is 0 Å². The summed E-state index contributed by atoms with van der Waals surface area (Å²) in [6.07, 6.45) is 0. The number of rotatable bonds is 1. The molecular formula is C2H4N2Na3O7P. The Kier molecular flexibility index (Phi) is 31.9. The van der Waals surface area contributed by atoms with Crippen molar-refractivity contribution in [3.63, 3.8) is 0 Å². The van der Waals surface area contributed by atoms with Gasteiger partial charge in [0.25, 0.3) is 0 Å². The third kappa shape index (κ3) is 31.3. The number of hydrogen-bond acceptors (Lipinski definition) is 7. The third-order valence-corrected chi connectivity index (χ3v) is 0.781. The van der Waals surface area contributed by atoms with Gasteiger partial charge in [-0.2, -0.15) is 0 Å². The van der Waals surface area contributed by atoms with Crippen LogP contribution in [0.5, 0.6) is 0 Å². The molecule has 15 heavy (non-hydrogen) atoms. The van der Waals surface area contributed by atoms with Crippen molar-refractivity contribution in [1.82, 2.24) is 5.48 Å². The van der Waals surface area contributed by atoms with Crippen molar-refractivity contribution in [2.75, 3.05) is 0 Å². The first-order valence-corrected chi connectivity index (χ1v) is 3.69. The summed E-state index contributed by atoms with van der Waals surface area (Å²) in [5.41, 5.74) is 2.90. The van der Waals surface area contributed by atoms with Crippen LogP contribution in [0.3, 0.4) is 0 Å². The summed E-state index contributed by atoms with van der Waals surface area (Å²) in [7, 11) is -5.43. The fourth-order valence-electron chi connectivity index (χ4n) is 0. The van der Waals surface area contributed by atoms with Crippen LogP contribution in [0.4, 0.5) is 9.59 Å². The molecule has 0 spiro atoms. The quantitative estimate of drug-likeness (QED) is 0.183. The Labute approximate surface area is 151 Å². The summed E-state index contributed by atoms with van der Waals surface area (Å²) in [5, 5.41) is 16.4. The van der Waals surface area contributed by atoms with E-state index in [1.165, 1.54) is 5.48 Å². The van der Waals surface area contributed by atoms with Crippen molar-refractivity contribution < 1.29 is 123 Å². The van der Waals surface area contributed by atoms with Gasteiger partial charge in [0, 0.05) is 0 Å². The zero-order chi connectivity index (χ0) is 10.4. The summed E-state index contributed by atoms with van der Waals surface area (Å²) in [4.78, 5) is 36.5. The number of hydroxylamine groups is 1. The van der Waals surface area contributed by atoms with E-state index in [0.717, 1.165) is 0 Å². The predicted molar refractivity (Wildman–Crippen MR) is 27.5 cm³/mol. The van der Waals surface area contributed by atoms with E-state index < -0.39 is 19.3 Å². The molecule has 0 aromatic rings. The maximum absolute atomic E-state index is 9.23. The molecule has 0 saturated carbocycles. The molecule has 0 atom stereocenters. The van der Waals surface area contributed by atoms with Gasteiger partial charge >= 0.3 is 94.7 Å².